The Balaban J connectivity index is 1.51. The largest absolute Gasteiger partial charge is 0.395 e. The Morgan fingerprint density at radius 1 is 1.10 bits per heavy atom. The van der Waals surface area contributed by atoms with E-state index >= 15 is 0 Å². The number of fused-ring (bicyclic) bond motifs is 1. The fourth-order valence-corrected chi connectivity index (χ4v) is 4.15. The first-order chi connectivity index (χ1) is 14.6. The predicted molar refractivity (Wildman–Crippen MR) is 117 cm³/mol. The summed E-state index contributed by atoms with van der Waals surface area (Å²) < 4.78 is 1.64. The van der Waals surface area contributed by atoms with Crippen molar-refractivity contribution >= 4 is 16.8 Å². The minimum atomic E-state index is -0.224. The summed E-state index contributed by atoms with van der Waals surface area (Å²) in [5, 5.41) is 10.2. The monoisotopic (exact) mass is 408 g/mol. The van der Waals surface area contributed by atoms with Gasteiger partial charge in [0.2, 0.25) is 0 Å². The molecule has 0 saturated carbocycles. The van der Waals surface area contributed by atoms with Crippen LogP contribution in [0, 0.1) is 6.92 Å². The molecule has 7 nitrogen and oxygen atoms in total. The van der Waals surface area contributed by atoms with E-state index in [9.17, 15) is 9.59 Å². The lowest BCUT2D eigenvalue weighted by molar-refractivity contribution is 0.0612. The Bertz CT molecular complexity index is 1090. The van der Waals surface area contributed by atoms with Crippen molar-refractivity contribution in [1.29, 1.82) is 0 Å². The van der Waals surface area contributed by atoms with Crippen molar-refractivity contribution in [1.82, 2.24) is 19.4 Å². The highest BCUT2D eigenvalue weighted by atomic mass is 16.3. The van der Waals surface area contributed by atoms with Crippen LogP contribution in [0.3, 0.4) is 0 Å². The standard InChI is InChI=1S/C23H28N4O3/c1-17-6-8-26(9-7-18-16-24-20-5-3-2-4-19(18)20)22(29)21(17)23(30)27-12-10-25(11-13-27)14-15-28/h2-6,8,16,24,28H,7,9-15H2,1H3. The fraction of sp³-hybridized carbons (Fsp3) is 0.391. The minimum Gasteiger partial charge on any atom is -0.395 e. The summed E-state index contributed by atoms with van der Waals surface area (Å²) in [7, 11) is 0. The van der Waals surface area contributed by atoms with Crippen LogP contribution in [0.2, 0.25) is 0 Å². The third kappa shape index (κ3) is 4.04. The van der Waals surface area contributed by atoms with Gasteiger partial charge in [-0.25, -0.2) is 0 Å². The van der Waals surface area contributed by atoms with E-state index in [1.807, 2.05) is 37.4 Å². The number of para-hydroxylation sites is 1. The number of aromatic nitrogens is 2. The number of nitrogens with zero attached hydrogens (tertiary/aromatic N) is 3. The van der Waals surface area contributed by atoms with Crippen LogP contribution in [0.4, 0.5) is 0 Å². The number of hydrogen-bond acceptors (Lipinski definition) is 4. The number of carbonyl (C=O) groups excluding carboxylic acids is 1. The van der Waals surface area contributed by atoms with Gasteiger partial charge < -0.3 is 19.6 Å². The summed E-state index contributed by atoms with van der Waals surface area (Å²) in [5.74, 6) is -0.192. The van der Waals surface area contributed by atoms with Gasteiger partial charge in [-0.05, 0) is 36.6 Å². The molecule has 1 aliphatic rings. The smallest absolute Gasteiger partial charge is 0.263 e. The van der Waals surface area contributed by atoms with Crippen molar-refractivity contribution in [2.45, 2.75) is 19.9 Å². The van der Waals surface area contributed by atoms with Crippen LogP contribution in [0.1, 0.15) is 21.5 Å². The summed E-state index contributed by atoms with van der Waals surface area (Å²) in [6.07, 6.45) is 4.48. The van der Waals surface area contributed by atoms with Crippen LogP contribution >= 0.6 is 0 Å². The van der Waals surface area contributed by atoms with Crippen LogP contribution in [-0.2, 0) is 13.0 Å². The molecule has 1 saturated heterocycles. The quantitative estimate of drug-likeness (QED) is 0.650. The fourth-order valence-electron chi connectivity index (χ4n) is 4.15. The molecular formula is C23H28N4O3. The van der Waals surface area contributed by atoms with Gasteiger partial charge in [-0.1, -0.05) is 18.2 Å². The predicted octanol–water partition coefficient (Wildman–Crippen LogP) is 1.63. The lowest BCUT2D eigenvalue weighted by Gasteiger charge is -2.34. The van der Waals surface area contributed by atoms with Gasteiger partial charge in [0.25, 0.3) is 11.5 Å². The van der Waals surface area contributed by atoms with Crippen molar-refractivity contribution in [2.75, 3.05) is 39.3 Å². The highest BCUT2D eigenvalue weighted by Gasteiger charge is 2.25. The van der Waals surface area contributed by atoms with Crippen molar-refractivity contribution in [3.05, 3.63) is 69.8 Å². The second-order valence-electron chi connectivity index (χ2n) is 7.84. The van der Waals surface area contributed by atoms with Gasteiger partial charge in [0.1, 0.15) is 5.56 Å². The van der Waals surface area contributed by atoms with Gasteiger partial charge in [0, 0.05) is 62.6 Å². The van der Waals surface area contributed by atoms with Crippen molar-refractivity contribution in [3.8, 4) is 0 Å². The van der Waals surface area contributed by atoms with Gasteiger partial charge in [-0.2, -0.15) is 0 Å². The Morgan fingerprint density at radius 3 is 2.63 bits per heavy atom. The van der Waals surface area contributed by atoms with Crippen LogP contribution in [-0.4, -0.2) is 69.7 Å². The maximum Gasteiger partial charge on any atom is 0.263 e. The van der Waals surface area contributed by atoms with E-state index in [1.54, 1.807) is 15.7 Å². The van der Waals surface area contributed by atoms with E-state index in [0.29, 0.717) is 51.3 Å². The molecule has 2 aromatic heterocycles. The molecule has 158 valence electrons. The number of H-pyrrole nitrogens is 1. The summed E-state index contributed by atoms with van der Waals surface area (Å²) in [4.78, 5) is 33.4. The molecule has 7 heteroatoms. The van der Waals surface area contributed by atoms with Crippen LogP contribution in [0.15, 0.2) is 47.5 Å². The molecule has 4 rings (SSSR count). The number of hydrogen-bond donors (Lipinski definition) is 2. The van der Waals surface area contributed by atoms with E-state index < -0.39 is 0 Å². The van der Waals surface area contributed by atoms with Gasteiger partial charge in [0.05, 0.1) is 6.61 Å². The molecule has 0 unspecified atom stereocenters. The number of piperazine rings is 1. The van der Waals surface area contributed by atoms with Crippen LogP contribution < -0.4 is 5.56 Å². The number of aliphatic hydroxyl groups is 1. The number of aromatic amines is 1. The molecule has 30 heavy (non-hydrogen) atoms. The van der Waals surface area contributed by atoms with E-state index in [4.69, 9.17) is 5.11 Å². The van der Waals surface area contributed by atoms with Gasteiger partial charge in [-0.3, -0.25) is 14.5 Å². The molecule has 2 N–H and O–H groups in total. The minimum absolute atomic E-state index is 0.118. The average molecular weight is 409 g/mol. The number of amides is 1. The van der Waals surface area contributed by atoms with Gasteiger partial charge in [0.15, 0.2) is 0 Å². The van der Waals surface area contributed by atoms with Crippen molar-refractivity contribution < 1.29 is 9.90 Å². The summed E-state index contributed by atoms with van der Waals surface area (Å²) in [6, 6.07) is 9.97. The Kier molecular flexibility index (Phi) is 6.01. The average Bonchev–Trinajstić information content (AvgIpc) is 3.17. The van der Waals surface area contributed by atoms with E-state index in [-0.39, 0.29) is 23.6 Å². The number of pyridine rings is 1. The Hall–Kier alpha value is -2.90. The lowest BCUT2D eigenvalue weighted by Crippen LogP contribution is -2.50. The van der Waals surface area contributed by atoms with E-state index in [0.717, 1.165) is 16.5 Å². The van der Waals surface area contributed by atoms with Gasteiger partial charge in [-0.15, -0.1) is 0 Å². The molecule has 0 radical (unpaired) electrons. The highest BCUT2D eigenvalue weighted by Crippen LogP contribution is 2.18. The first-order valence-corrected chi connectivity index (χ1v) is 10.5. The SMILES string of the molecule is Cc1ccn(CCc2c[nH]c3ccccc23)c(=O)c1C(=O)N1CCN(CCO)CC1. The number of aryl methyl sites for hydroxylation is 3. The number of carbonyl (C=O) groups is 1. The third-order valence-electron chi connectivity index (χ3n) is 5.96. The number of β-amino-alcohol motifs (C(OH)–C–C–N with tert-alkyl or cyclic N) is 1. The topological polar surface area (TPSA) is 81.6 Å². The molecule has 1 fully saturated rings. The molecule has 1 amide bonds. The molecule has 0 spiro atoms. The second-order valence-corrected chi connectivity index (χ2v) is 7.84. The summed E-state index contributed by atoms with van der Waals surface area (Å²) >= 11 is 0. The normalized spacial score (nSPS) is 15.1. The molecule has 3 aromatic rings. The van der Waals surface area contributed by atoms with E-state index in [2.05, 4.69) is 16.0 Å². The summed E-state index contributed by atoms with van der Waals surface area (Å²) in [6.45, 7) is 5.65. The molecule has 1 aromatic carbocycles. The molecule has 0 atom stereocenters. The molecular weight excluding hydrogens is 380 g/mol. The number of aliphatic hydroxyl groups excluding tert-OH is 1. The zero-order chi connectivity index (χ0) is 21.1. The Labute approximate surface area is 175 Å². The molecule has 0 aliphatic carbocycles. The van der Waals surface area contributed by atoms with Crippen molar-refractivity contribution in [3.63, 3.8) is 0 Å². The first-order valence-electron chi connectivity index (χ1n) is 10.5. The molecule has 3 heterocycles. The number of rotatable bonds is 6. The third-order valence-corrected chi connectivity index (χ3v) is 5.96. The Morgan fingerprint density at radius 2 is 1.87 bits per heavy atom. The van der Waals surface area contributed by atoms with Crippen LogP contribution in [0.25, 0.3) is 10.9 Å². The first kappa shape index (κ1) is 20.4. The molecule has 0 bridgehead atoms. The highest BCUT2D eigenvalue weighted by molar-refractivity contribution is 5.95. The van der Waals surface area contributed by atoms with Crippen LogP contribution in [0.5, 0.6) is 0 Å². The second kappa shape index (κ2) is 8.85. The van der Waals surface area contributed by atoms with Crippen molar-refractivity contribution in [2.24, 2.45) is 0 Å². The molecule has 1 aliphatic heterocycles. The lowest BCUT2D eigenvalue weighted by atomic mass is 10.1. The van der Waals surface area contributed by atoms with Gasteiger partial charge >= 0.3 is 0 Å². The summed E-state index contributed by atoms with van der Waals surface area (Å²) in [5.41, 5.74) is 3.00. The number of nitrogens with one attached hydrogen (secondary N) is 1. The maximum atomic E-state index is 13.1. The van der Waals surface area contributed by atoms with E-state index in [1.165, 1.54) is 0 Å². The number of benzene rings is 1. The zero-order valence-electron chi connectivity index (χ0n) is 17.3. The maximum absolute atomic E-state index is 13.1. The zero-order valence-corrected chi connectivity index (χ0v) is 17.3.